The number of aryl methyl sites for hydroxylation is 2. The Kier molecular flexibility index (Phi) is 5.39. The predicted molar refractivity (Wildman–Crippen MR) is 141 cm³/mol. The molecule has 2 aliphatic rings. The molecule has 2 aliphatic carbocycles. The van der Waals surface area contributed by atoms with Crippen LogP contribution in [-0.2, 0) is 11.8 Å². The third-order valence-electron chi connectivity index (χ3n) is 7.41. The first-order chi connectivity index (χ1) is 16.8. The van der Waals surface area contributed by atoms with E-state index in [9.17, 15) is 4.79 Å². The predicted octanol–water partition coefficient (Wildman–Crippen LogP) is 6.67. The summed E-state index contributed by atoms with van der Waals surface area (Å²) >= 11 is 0. The number of hydrogen-bond acceptors (Lipinski definition) is 3. The molecule has 1 saturated carbocycles. The molecule has 0 aliphatic heterocycles. The lowest BCUT2D eigenvalue weighted by Gasteiger charge is -2.23. The molecule has 0 saturated heterocycles. The van der Waals surface area contributed by atoms with Crippen molar-refractivity contribution in [3.63, 3.8) is 0 Å². The topological polar surface area (TPSA) is 55.0 Å². The smallest absolute Gasteiger partial charge is 0.296 e. The van der Waals surface area contributed by atoms with Crippen LogP contribution in [0.25, 0.3) is 28.0 Å². The second kappa shape index (κ2) is 8.19. The first-order valence-electron chi connectivity index (χ1n) is 12.0. The van der Waals surface area contributed by atoms with Crippen LogP contribution >= 0.6 is 0 Å². The molecular weight excluding hydrogens is 439 g/mol. The fraction of sp³-hybridized carbons (Fsp3) is 0.267. The third-order valence-corrected chi connectivity index (χ3v) is 7.41. The number of fused-ring (bicyclic) bond motifs is 3. The van der Waals surface area contributed by atoms with Crippen LogP contribution < -0.4 is 10.3 Å². The fourth-order valence-electron chi connectivity index (χ4n) is 5.79. The Labute approximate surface area is 204 Å². The lowest BCUT2D eigenvalue weighted by molar-refractivity contribution is 0.375. The molecule has 1 aromatic heterocycles. The zero-order valence-corrected chi connectivity index (χ0v) is 20.6. The molecular formula is C30H29FN2O2. The summed E-state index contributed by atoms with van der Waals surface area (Å²) in [5, 5.41) is 1.82. The Morgan fingerprint density at radius 2 is 2.09 bits per heavy atom. The van der Waals surface area contributed by atoms with Gasteiger partial charge in [-0.3, -0.25) is 9.78 Å². The molecule has 1 heterocycles. The minimum absolute atomic E-state index is 0.204. The number of allylic oxidation sites excluding steroid dienone is 5. The Morgan fingerprint density at radius 3 is 2.69 bits per heavy atom. The molecule has 1 N–H and O–H groups in total. The number of nitrogens with one attached hydrogen (secondary N) is 1. The summed E-state index contributed by atoms with van der Waals surface area (Å²) in [6.45, 7) is 14.6. The van der Waals surface area contributed by atoms with Gasteiger partial charge in [0.25, 0.3) is 11.6 Å². The van der Waals surface area contributed by atoms with E-state index >= 15 is 4.39 Å². The Balaban J connectivity index is 1.89. The number of aromatic nitrogens is 2. The highest BCUT2D eigenvalue weighted by Crippen LogP contribution is 2.64. The van der Waals surface area contributed by atoms with E-state index < -0.39 is 5.41 Å². The number of nitrogens with zero attached hydrogens (tertiary/aromatic N) is 1. The van der Waals surface area contributed by atoms with Crippen LogP contribution in [0.3, 0.4) is 0 Å². The molecule has 3 aromatic rings. The van der Waals surface area contributed by atoms with Crippen molar-refractivity contribution >= 4 is 28.0 Å². The Bertz CT molecular complexity index is 1550. The maximum absolute atomic E-state index is 15.0. The molecule has 0 amide bonds. The number of hydrogen-bond donors (Lipinski definition) is 1. The number of aromatic amines is 1. The summed E-state index contributed by atoms with van der Waals surface area (Å²) in [6, 6.07) is 5.65. The standard InChI is InChI=1S/C30H29FN2O2/c1-7-10-21-25-27(32-29(35-6)33-28(25)34)30(13-14-30)26(21)17(5)23-19(8-2)16(4)15-18-11-12-22(31)20(9-3)24(18)23/h7-8,10-12,15H,2,5,9,13-14H2,1,3-4,6H3,(H,32,33,34)/b10-7-. The van der Waals surface area contributed by atoms with Gasteiger partial charge in [0.05, 0.1) is 18.4 Å². The van der Waals surface area contributed by atoms with E-state index in [1.54, 1.807) is 0 Å². The molecule has 0 atom stereocenters. The SMILES string of the molecule is C=Cc1c(C)cc2ccc(F)c(CC)c2c1C(=C)C1=C(/C=C\C)c2c(nc(OC)[nH]c2=O)C12CC2. The molecule has 1 spiro atoms. The van der Waals surface area contributed by atoms with Gasteiger partial charge in [0.2, 0.25) is 0 Å². The van der Waals surface area contributed by atoms with Crippen molar-refractivity contribution in [2.45, 2.75) is 45.4 Å². The largest absolute Gasteiger partial charge is 0.468 e. The van der Waals surface area contributed by atoms with E-state index in [0.29, 0.717) is 17.5 Å². The zero-order chi connectivity index (χ0) is 25.1. The van der Waals surface area contributed by atoms with Crippen LogP contribution in [0.5, 0.6) is 6.01 Å². The van der Waals surface area contributed by atoms with Crippen molar-refractivity contribution in [3.8, 4) is 6.01 Å². The van der Waals surface area contributed by atoms with Crippen molar-refractivity contribution in [1.82, 2.24) is 9.97 Å². The van der Waals surface area contributed by atoms with Gasteiger partial charge < -0.3 is 4.74 Å². The highest BCUT2D eigenvalue weighted by Gasteiger charge is 2.56. The van der Waals surface area contributed by atoms with Gasteiger partial charge in [-0.1, -0.05) is 50.4 Å². The van der Waals surface area contributed by atoms with Crippen LogP contribution in [0.2, 0.25) is 0 Å². The van der Waals surface area contributed by atoms with E-state index in [4.69, 9.17) is 9.72 Å². The van der Waals surface area contributed by atoms with Gasteiger partial charge in [-0.25, -0.2) is 9.37 Å². The van der Waals surface area contributed by atoms with Crippen molar-refractivity contribution in [2.24, 2.45) is 0 Å². The Hall–Kier alpha value is -3.73. The second-order valence-electron chi connectivity index (χ2n) is 9.31. The highest BCUT2D eigenvalue weighted by molar-refractivity contribution is 6.08. The normalized spacial score (nSPS) is 15.8. The highest BCUT2D eigenvalue weighted by atomic mass is 19.1. The van der Waals surface area contributed by atoms with Crippen molar-refractivity contribution in [3.05, 3.63) is 98.8 Å². The van der Waals surface area contributed by atoms with Gasteiger partial charge in [-0.15, -0.1) is 0 Å². The summed E-state index contributed by atoms with van der Waals surface area (Å²) in [5.74, 6) is -0.228. The van der Waals surface area contributed by atoms with Crippen molar-refractivity contribution in [2.75, 3.05) is 7.11 Å². The quantitative estimate of drug-likeness (QED) is 0.439. The monoisotopic (exact) mass is 468 g/mol. The molecule has 5 heteroatoms. The first-order valence-corrected chi connectivity index (χ1v) is 12.0. The molecule has 178 valence electrons. The number of benzene rings is 2. The first kappa shape index (κ1) is 23.0. The second-order valence-corrected chi connectivity index (χ2v) is 9.31. The van der Waals surface area contributed by atoms with E-state index in [1.165, 1.54) is 13.2 Å². The van der Waals surface area contributed by atoms with E-state index in [2.05, 4.69) is 24.2 Å². The number of halogens is 1. The molecule has 4 nitrogen and oxygen atoms in total. The molecule has 0 bridgehead atoms. The van der Waals surface area contributed by atoms with Gasteiger partial charge in [0.15, 0.2) is 0 Å². The van der Waals surface area contributed by atoms with Gasteiger partial charge in [-0.2, -0.15) is 0 Å². The summed E-state index contributed by atoms with van der Waals surface area (Å²) in [6.07, 6.45) is 7.98. The molecule has 0 radical (unpaired) electrons. The summed E-state index contributed by atoms with van der Waals surface area (Å²) in [7, 11) is 1.50. The van der Waals surface area contributed by atoms with E-state index in [-0.39, 0.29) is 17.4 Å². The van der Waals surface area contributed by atoms with Gasteiger partial charge >= 0.3 is 0 Å². The van der Waals surface area contributed by atoms with Crippen LogP contribution in [0, 0.1) is 12.7 Å². The minimum atomic E-state index is -0.406. The van der Waals surface area contributed by atoms with Crippen LogP contribution in [-0.4, -0.2) is 17.1 Å². The molecule has 5 rings (SSSR count). The zero-order valence-electron chi connectivity index (χ0n) is 20.6. The average molecular weight is 469 g/mol. The number of rotatable bonds is 6. The lowest BCUT2D eigenvalue weighted by atomic mass is 9.80. The van der Waals surface area contributed by atoms with Crippen LogP contribution in [0.15, 0.2) is 53.9 Å². The maximum Gasteiger partial charge on any atom is 0.296 e. The molecule has 2 aromatic carbocycles. The van der Waals surface area contributed by atoms with Crippen molar-refractivity contribution < 1.29 is 9.13 Å². The molecule has 35 heavy (non-hydrogen) atoms. The average Bonchev–Trinajstić information content (AvgIpc) is 3.58. The number of ether oxygens (including phenoxy) is 1. The van der Waals surface area contributed by atoms with Gasteiger partial charge in [0.1, 0.15) is 5.82 Å². The minimum Gasteiger partial charge on any atom is -0.468 e. The summed E-state index contributed by atoms with van der Waals surface area (Å²) in [4.78, 5) is 20.6. The number of methoxy groups -OCH3 is 1. The van der Waals surface area contributed by atoms with E-state index in [0.717, 1.165) is 62.7 Å². The van der Waals surface area contributed by atoms with E-state index in [1.807, 2.05) is 45.1 Å². The van der Waals surface area contributed by atoms with Crippen LogP contribution in [0.1, 0.15) is 60.2 Å². The third kappa shape index (κ3) is 3.18. The van der Waals surface area contributed by atoms with Crippen molar-refractivity contribution in [1.29, 1.82) is 0 Å². The maximum atomic E-state index is 15.0. The molecule has 0 unspecified atom stereocenters. The summed E-state index contributed by atoms with van der Waals surface area (Å²) < 4.78 is 20.3. The van der Waals surface area contributed by atoms with Crippen LogP contribution in [0.4, 0.5) is 4.39 Å². The van der Waals surface area contributed by atoms with Gasteiger partial charge in [0, 0.05) is 5.41 Å². The fourth-order valence-corrected chi connectivity index (χ4v) is 5.79. The lowest BCUT2D eigenvalue weighted by Crippen LogP contribution is -2.18. The molecule has 1 fully saturated rings. The summed E-state index contributed by atoms with van der Waals surface area (Å²) in [5.41, 5.74) is 6.78. The number of H-pyrrole nitrogens is 1. The Morgan fingerprint density at radius 1 is 1.34 bits per heavy atom. The van der Waals surface area contributed by atoms with Gasteiger partial charge in [-0.05, 0) is 88.9 Å².